The standard InChI is InChI=1S/C13H19NO3/c1-2-3-9-14-11(15)10-13(12(16)17)7-5-4-6-8-13/h1H,3-10H2,(H,14,15)(H,16,17). The molecule has 0 radical (unpaired) electrons. The number of carboxylic acid groups (broad SMARTS) is 1. The fourth-order valence-corrected chi connectivity index (χ4v) is 2.34. The zero-order valence-electron chi connectivity index (χ0n) is 10.00. The van der Waals surface area contributed by atoms with Gasteiger partial charge >= 0.3 is 5.97 Å². The molecule has 0 aromatic carbocycles. The molecule has 4 nitrogen and oxygen atoms in total. The molecule has 0 saturated heterocycles. The lowest BCUT2D eigenvalue weighted by Gasteiger charge is -2.32. The number of aliphatic carboxylic acids is 1. The average molecular weight is 237 g/mol. The van der Waals surface area contributed by atoms with Crippen molar-refractivity contribution in [2.45, 2.75) is 44.9 Å². The molecular weight excluding hydrogens is 218 g/mol. The molecule has 0 aromatic heterocycles. The summed E-state index contributed by atoms with van der Waals surface area (Å²) in [6.07, 6.45) is 9.69. The van der Waals surface area contributed by atoms with Crippen LogP contribution in [0.5, 0.6) is 0 Å². The first-order chi connectivity index (χ1) is 8.10. The zero-order chi connectivity index (χ0) is 12.7. The maximum Gasteiger partial charge on any atom is 0.310 e. The van der Waals surface area contributed by atoms with E-state index in [-0.39, 0.29) is 12.3 Å². The third kappa shape index (κ3) is 3.77. The lowest BCUT2D eigenvalue weighted by Crippen LogP contribution is -2.39. The van der Waals surface area contributed by atoms with Crippen LogP contribution in [0.15, 0.2) is 0 Å². The summed E-state index contributed by atoms with van der Waals surface area (Å²) in [5.41, 5.74) is -0.849. The number of carbonyl (C=O) groups is 2. The van der Waals surface area contributed by atoms with Crippen LogP contribution in [0, 0.1) is 17.8 Å². The molecule has 2 N–H and O–H groups in total. The molecule has 0 unspecified atom stereocenters. The van der Waals surface area contributed by atoms with Gasteiger partial charge in [-0.2, -0.15) is 0 Å². The van der Waals surface area contributed by atoms with E-state index in [1.54, 1.807) is 0 Å². The second-order valence-electron chi connectivity index (χ2n) is 4.63. The van der Waals surface area contributed by atoms with Gasteiger partial charge in [0.25, 0.3) is 0 Å². The summed E-state index contributed by atoms with van der Waals surface area (Å²) in [5, 5.41) is 12.0. The first-order valence-corrected chi connectivity index (χ1v) is 6.04. The van der Waals surface area contributed by atoms with Crippen LogP contribution in [0.1, 0.15) is 44.9 Å². The van der Waals surface area contributed by atoms with Gasteiger partial charge in [0.05, 0.1) is 5.41 Å². The molecule has 1 saturated carbocycles. The summed E-state index contributed by atoms with van der Waals surface area (Å²) < 4.78 is 0. The van der Waals surface area contributed by atoms with E-state index in [0.29, 0.717) is 25.8 Å². The lowest BCUT2D eigenvalue weighted by atomic mass is 9.71. The summed E-state index contributed by atoms with van der Waals surface area (Å²) in [4.78, 5) is 23.0. The van der Waals surface area contributed by atoms with Crippen LogP contribution in [0.25, 0.3) is 0 Å². The fourth-order valence-electron chi connectivity index (χ4n) is 2.34. The molecule has 4 heteroatoms. The van der Waals surface area contributed by atoms with Gasteiger partial charge in [0, 0.05) is 19.4 Å². The van der Waals surface area contributed by atoms with E-state index in [4.69, 9.17) is 6.42 Å². The number of terminal acetylenes is 1. The zero-order valence-corrected chi connectivity index (χ0v) is 10.00. The van der Waals surface area contributed by atoms with Crippen LogP contribution in [0.2, 0.25) is 0 Å². The van der Waals surface area contributed by atoms with Crippen LogP contribution >= 0.6 is 0 Å². The number of nitrogens with one attached hydrogen (secondary N) is 1. The normalized spacial score (nSPS) is 18.1. The van der Waals surface area contributed by atoms with Gasteiger partial charge in [0.2, 0.25) is 5.91 Å². The minimum absolute atomic E-state index is 0.0763. The summed E-state index contributed by atoms with van der Waals surface area (Å²) in [6, 6.07) is 0. The van der Waals surface area contributed by atoms with Gasteiger partial charge in [0.1, 0.15) is 0 Å². The van der Waals surface area contributed by atoms with Crippen molar-refractivity contribution in [2.24, 2.45) is 5.41 Å². The van der Waals surface area contributed by atoms with Gasteiger partial charge in [-0.3, -0.25) is 9.59 Å². The van der Waals surface area contributed by atoms with Crippen LogP contribution in [-0.2, 0) is 9.59 Å². The second kappa shape index (κ2) is 6.29. The van der Waals surface area contributed by atoms with E-state index in [2.05, 4.69) is 11.2 Å². The molecule has 0 aliphatic heterocycles. The van der Waals surface area contributed by atoms with Crippen molar-refractivity contribution in [3.8, 4) is 12.3 Å². The first-order valence-electron chi connectivity index (χ1n) is 6.04. The van der Waals surface area contributed by atoms with Gasteiger partial charge in [0.15, 0.2) is 0 Å². The van der Waals surface area contributed by atoms with Crippen molar-refractivity contribution in [3.05, 3.63) is 0 Å². The van der Waals surface area contributed by atoms with Crippen LogP contribution < -0.4 is 5.32 Å². The molecule has 1 rings (SSSR count). The number of rotatable bonds is 5. The molecule has 1 aliphatic carbocycles. The quantitative estimate of drug-likeness (QED) is 0.563. The van der Waals surface area contributed by atoms with Crippen molar-refractivity contribution in [3.63, 3.8) is 0 Å². The maximum absolute atomic E-state index is 11.7. The monoisotopic (exact) mass is 237 g/mol. The Hall–Kier alpha value is -1.50. The van der Waals surface area contributed by atoms with E-state index in [1.165, 1.54) is 0 Å². The Kier molecular flexibility index (Phi) is 5.02. The molecule has 1 aliphatic rings. The summed E-state index contributed by atoms with van der Waals surface area (Å²) >= 11 is 0. The molecule has 1 amide bonds. The predicted octanol–water partition coefficient (Wildman–Crippen LogP) is 1.55. The second-order valence-corrected chi connectivity index (χ2v) is 4.63. The summed E-state index contributed by atoms with van der Waals surface area (Å²) in [7, 11) is 0. The highest BCUT2D eigenvalue weighted by Gasteiger charge is 2.41. The number of hydrogen-bond acceptors (Lipinski definition) is 2. The molecule has 0 heterocycles. The third-order valence-corrected chi connectivity index (χ3v) is 3.35. The summed E-state index contributed by atoms with van der Waals surface area (Å²) in [5.74, 6) is 1.38. The fraction of sp³-hybridized carbons (Fsp3) is 0.692. The van der Waals surface area contributed by atoms with Gasteiger partial charge < -0.3 is 10.4 Å². The van der Waals surface area contributed by atoms with E-state index >= 15 is 0 Å². The molecule has 94 valence electrons. The van der Waals surface area contributed by atoms with Crippen LogP contribution in [-0.4, -0.2) is 23.5 Å². The Balaban J connectivity index is 2.52. The molecule has 0 bridgehead atoms. The Morgan fingerprint density at radius 1 is 1.29 bits per heavy atom. The van der Waals surface area contributed by atoms with Gasteiger partial charge in [-0.1, -0.05) is 19.3 Å². The summed E-state index contributed by atoms with van der Waals surface area (Å²) in [6.45, 7) is 0.422. The Morgan fingerprint density at radius 3 is 2.47 bits per heavy atom. The van der Waals surface area contributed by atoms with Gasteiger partial charge in [-0.05, 0) is 12.8 Å². The predicted molar refractivity (Wildman–Crippen MR) is 64.2 cm³/mol. The minimum Gasteiger partial charge on any atom is -0.481 e. The molecule has 17 heavy (non-hydrogen) atoms. The van der Waals surface area contributed by atoms with Crippen molar-refractivity contribution < 1.29 is 14.7 Å². The van der Waals surface area contributed by atoms with E-state index < -0.39 is 11.4 Å². The van der Waals surface area contributed by atoms with Crippen LogP contribution in [0.4, 0.5) is 0 Å². The maximum atomic E-state index is 11.7. The molecule has 0 aromatic rings. The van der Waals surface area contributed by atoms with Gasteiger partial charge in [-0.15, -0.1) is 12.3 Å². The number of carboxylic acids is 1. The average Bonchev–Trinajstić information content (AvgIpc) is 2.30. The van der Waals surface area contributed by atoms with E-state index in [0.717, 1.165) is 19.3 Å². The number of hydrogen-bond donors (Lipinski definition) is 2. The molecule has 1 fully saturated rings. The molecular formula is C13H19NO3. The Morgan fingerprint density at radius 2 is 1.94 bits per heavy atom. The minimum atomic E-state index is -0.849. The largest absolute Gasteiger partial charge is 0.481 e. The van der Waals surface area contributed by atoms with E-state index in [1.807, 2.05) is 0 Å². The lowest BCUT2D eigenvalue weighted by molar-refractivity contribution is -0.154. The van der Waals surface area contributed by atoms with E-state index in [9.17, 15) is 14.7 Å². The van der Waals surface area contributed by atoms with Crippen molar-refractivity contribution >= 4 is 11.9 Å². The van der Waals surface area contributed by atoms with Crippen molar-refractivity contribution in [1.29, 1.82) is 0 Å². The topological polar surface area (TPSA) is 66.4 Å². The Labute approximate surface area is 102 Å². The third-order valence-electron chi connectivity index (χ3n) is 3.35. The van der Waals surface area contributed by atoms with Crippen molar-refractivity contribution in [2.75, 3.05) is 6.54 Å². The smallest absolute Gasteiger partial charge is 0.310 e. The Bertz CT molecular complexity index is 324. The highest BCUT2D eigenvalue weighted by Crippen LogP contribution is 2.39. The van der Waals surface area contributed by atoms with Crippen LogP contribution in [0.3, 0.4) is 0 Å². The molecule has 0 atom stereocenters. The highest BCUT2D eigenvalue weighted by molar-refractivity contribution is 5.85. The number of amides is 1. The SMILES string of the molecule is C#CCCNC(=O)CC1(C(=O)O)CCCCC1. The van der Waals surface area contributed by atoms with Crippen molar-refractivity contribution in [1.82, 2.24) is 5.32 Å². The molecule has 0 spiro atoms. The van der Waals surface area contributed by atoms with Gasteiger partial charge in [-0.25, -0.2) is 0 Å². The first kappa shape index (κ1) is 13.6. The highest BCUT2D eigenvalue weighted by atomic mass is 16.4. The number of carbonyl (C=O) groups excluding carboxylic acids is 1.